The van der Waals surface area contributed by atoms with Crippen molar-refractivity contribution in [1.82, 2.24) is 15.5 Å². The molecule has 0 aromatic rings. The highest BCUT2D eigenvalue weighted by Crippen LogP contribution is 2.34. The highest BCUT2D eigenvalue weighted by Gasteiger charge is 2.42. The minimum absolute atomic E-state index is 0. The Morgan fingerprint density at radius 1 is 1.20 bits per heavy atom. The highest BCUT2D eigenvalue weighted by atomic mass is 35.5. The first-order chi connectivity index (χ1) is 16.0. The van der Waals surface area contributed by atoms with Gasteiger partial charge in [0, 0.05) is 19.0 Å². The summed E-state index contributed by atoms with van der Waals surface area (Å²) in [6, 6.07) is -0.734. The van der Waals surface area contributed by atoms with Crippen LogP contribution in [-0.2, 0) is 9.53 Å². The van der Waals surface area contributed by atoms with Crippen LogP contribution < -0.4 is 16.4 Å². The molecule has 202 valence electrons. The predicted molar refractivity (Wildman–Crippen MR) is 147 cm³/mol. The third-order valence-corrected chi connectivity index (χ3v) is 8.34. The van der Waals surface area contributed by atoms with Crippen molar-refractivity contribution >= 4 is 47.4 Å². The summed E-state index contributed by atoms with van der Waals surface area (Å²) in [5, 5.41) is 13.8. The molecule has 0 spiro atoms. The van der Waals surface area contributed by atoms with Crippen LogP contribution in [0.15, 0.2) is 0 Å². The van der Waals surface area contributed by atoms with Gasteiger partial charge in [-0.3, -0.25) is 10.2 Å². The molecule has 1 saturated heterocycles. The maximum Gasteiger partial charge on any atom is 0.407 e. The van der Waals surface area contributed by atoms with Gasteiger partial charge in [0.15, 0.2) is 0 Å². The SMILES string of the molecule is CCCOC(=O)N[C@H](C(=S)N1CCC[C@H]1C(=O)NCC1CCC(C(=N)N)CC1)C(C)(C)C(C)C.Cl. The maximum atomic E-state index is 13.2. The van der Waals surface area contributed by atoms with Gasteiger partial charge < -0.3 is 26.0 Å². The first-order valence-electron chi connectivity index (χ1n) is 12.8. The van der Waals surface area contributed by atoms with Crippen LogP contribution in [0.1, 0.15) is 79.6 Å². The molecule has 1 aliphatic heterocycles. The summed E-state index contributed by atoms with van der Waals surface area (Å²) in [6.07, 6.45) is 5.71. The van der Waals surface area contributed by atoms with Gasteiger partial charge >= 0.3 is 6.09 Å². The number of rotatable bonds is 10. The third kappa shape index (κ3) is 8.48. The zero-order valence-corrected chi connectivity index (χ0v) is 23.7. The van der Waals surface area contributed by atoms with Gasteiger partial charge in [-0.15, -0.1) is 12.4 Å². The fraction of sp³-hybridized carbons (Fsp3) is 0.840. The van der Waals surface area contributed by atoms with Gasteiger partial charge in [0.05, 0.1) is 18.5 Å². The molecule has 0 unspecified atom stereocenters. The Morgan fingerprint density at radius 3 is 2.37 bits per heavy atom. The van der Waals surface area contributed by atoms with Gasteiger partial charge in [0.1, 0.15) is 11.0 Å². The standard InChI is InChI=1S/C25H45N5O3S.ClH/c1-6-14-33-24(32)29-20(25(4,5)16(2)3)23(34)30-13-7-8-19(30)22(31)28-15-17-9-11-18(12-10-17)21(26)27;/h16-20H,6-15H2,1-5H3,(H3,26,27)(H,28,31)(H,29,32);1H/t17?,18?,19-,20+;/m0./s1. The number of ether oxygens (including phenoxy) is 1. The predicted octanol–water partition coefficient (Wildman–Crippen LogP) is 4.25. The molecule has 1 heterocycles. The number of amides is 2. The molecule has 5 N–H and O–H groups in total. The van der Waals surface area contributed by atoms with Crippen molar-refractivity contribution in [2.24, 2.45) is 28.9 Å². The summed E-state index contributed by atoms with van der Waals surface area (Å²) in [5.74, 6) is 1.14. The van der Waals surface area contributed by atoms with Crippen molar-refractivity contribution in [3.8, 4) is 0 Å². The van der Waals surface area contributed by atoms with E-state index in [1.165, 1.54) is 0 Å². The Bertz CT molecular complexity index is 741. The molecule has 2 aliphatic rings. The summed E-state index contributed by atoms with van der Waals surface area (Å²) in [4.78, 5) is 28.2. The number of thiocarbonyl (C=S) groups is 1. The van der Waals surface area contributed by atoms with Crippen molar-refractivity contribution in [2.45, 2.75) is 91.6 Å². The lowest BCUT2D eigenvalue weighted by Crippen LogP contribution is -2.58. The van der Waals surface area contributed by atoms with E-state index in [9.17, 15) is 9.59 Å². The Balaban J connectivity index is 0.00000612. The number of hydrogen-bond acceptors (Lipinski definition) is 5. The number of amidine groups is 1. The first-order valence-corrected chi connectivity index (χ1v) is 13.2. The summed E-state index contributed by atoms with van der Waals surface area (Å²) < 4.78 is 5.28. The van der Waals surface area contributed by atoms with Crippen molar-refractivity contribution in [2.75, 3.05) is 19.7 Å². The van der Waals surface area contributed by atoms with E-state index >= 15 is 0 Å². The van der Waals surface area contributed by atoms with Gasteiger partial charge in [-0.05, 0) is 62.2 Å². The van der Waals surface area contributed by atoms with Crippen molar-refractivity contribution in [1.29, 1.82) is 5.41 Å². The normalized spacial score (nSPS) is 23.3. The quantitative estimate of drug-likeness (QED) is 0.190. The smallest absolute Gasteiger partial charge is 0.407 e. The van der Waals surface area contributed by atoms with Crippen molar-refractivity contribution < 1.29 is 14.3 Å². The molecular formula is C25H46ClN5O3S. The van der Waals surface area contributed by atoms with E-state index in [1.54, 1.807) is 0 Å². The molecule has 35 heavy (non-hydrogen) atoms. The molecule has 0 radical (unpaired) electrons. The molecular weight excluding hydrogens is 486 g/mol. The Kier molecular flexibility index (Phi) is 12.8. The van der Waals surface area contributed by atoms with Crippen LogP contribution >= 0.6 is 24.6 Å². The number of nitrogens with one attached hydrogen (secondary N) is 3. The Labute approximate surface area is 222 Å². The second kappa shape index (κ2) is 14.2. The Morgan fingerprint density at radius 2 is 1.83 bits per heavy atom. The summed E-state index contributed by atoms with van der Waals surface area (Å²) in [7, 11) is 0. The number of likely N-dealkylation sites (tertiary alicyclic amines) is 1. The third-order valence-electron chi connectivity index (χ3n) is 7.87. The molecule has 2 amide bonds. The molecule has 2 atom stereocenters. The number of alkyl carbamates (subject to hydrolysis) is 1. The monoisotopic (exact) mass is 531 g/mol. The molecule has 2 fully saturated rings. The number of nitrogens with zero attached hydrogens (tertiary/aromatic N) is 1. The van der Waals surface area contributed by atoms with Crippen LogP contribution in [0.2, 0.25) is 0 Å². The van der Waals surface area contributed by atoms with Gasteiger partial charge in [-0.25, -0.2) is 4.79 Å². The number of carbonyl (C=O) groups is 2. The van der Waals surface area contributed by atoms with E-state index in [-0.39, 0.29) is 47.4 Å². The topological polar surface area (TPSA) is 121 Å². The van der Waals surface area contributed by atoms with Crippen LogP contribution in [-0.4, -0.2) is 59.5 Å². The van der Waals surface area contributed by atoms with E-state index < -0.39 is 12.1 Å². The fourth-order valence-corrected chi connectivity index (χ4v) is 5.34. The van der Waals surface area contributed by atoms with Gasteiger partial charge in [-0.2, -0.15) is 0 Å². The van der Waals surface area contributed by atoms with E-state index in [0.717, 1.165) is 44.9 Å². The summed E-state index contributed by atoms with van der Waals surface area (Å²) in [5.41, 5.74) is 5.33. The Hall–Kier alpha value is -1.61. The van der Waals surface area contributed by atoms with Gasteiger partial charge in [0.2, 0.25) is 5.91 Å². The average Bonchev–Trinajstić information content (AvgIpc) is 3.29. The minimum Gasteiger partial charge on any atom is -0.450 e. The van der Waals surface area contributed by atoms with Crippen LogP contribution in [0.4, 0.5) is 4.79 Å². The lowest BCUT2D eigenvalue weighted by molar-refractivity contribution is -0.124. The molecule has 8 nitrogen and oxygen atoms in total. The first kappa shape index (κ1) is 31.4. The number of nitrogens with two attached hydrogens (primary N) is 1. The molecule has 0 aromatic heterocycles. The number of halogens is 1. The zero-order chi connectivity index (χ0) is 25.5. The molecule has 0 bridgehead atoms. The van der Waals surface area contributed by atoms with Crippen LogP contribution in [0.3, 0.4) is 0 Å². The lowest BCUT2D eigenvalue weighted by atomic mass is 9.74. The van der Waals surface area contributed by atoms with Crippen LogP contribution in [0, 0.1) is 28.6 Å². The molecule has 0 aromatic carbocycles. The number of carbonyl (C=O) groups excluding carboxylic acids is 2. The second-order valence-corrected chi connectivity index (χ2v) is 11.2. The largest absolute Gasteiger partial charge is 0.450 e. The maximum absolute atomic E-state index is 13.2. The molecule has 1 aliphatic carbocycles. The van der Waals surface area contributed by atoms with E-state index in [2.05, 4.69) is 38.3 Å². The molecule has 1 saturated carbocycles. The molecule has 2 rings (SSSR count). The zero-order valence-electron chi connectivity index (χ0n) is 22.0. The van der Waals surface area contributed by atoms with E-state index in [1.807, 2.05) is 11.8 Å². The number of hydrogen-bond donors (Lipinski definition) is 4. The highest BCUT2D eigenvalue weighted by molar-refractivity contribution is 7.80. The van der Waals surface area contributed by atoms with Gasteiger partial charge in [0.25, 0.3) is 0 Å². The summed E-state index contributed by atoms with van der Waals surface area (Å²) in [6.45, 7) is 12.1. The van der Waals surface area contributed by atoms with Crippen molar-refractivity contribution in [3.05, 3.63) is 0 Å². The van der Waals surface area contributed by atoms with Crippen molar-refractivity contribution in [3.63, 3.8) is 0 Å². The summed E-state index contributed by atoms with van der Waals surface area (Å²) >= 11 is 5.92. The lowest BCUT2D eigenvalue weighted by Gasteiger charge is -2.42. The second-order valence-electron chi connectivity index (χ2n) is 10.8. The van der Waals surface area contributed by atoms with Gasteiger partial charge in [-0.1, -0.05) is 46.8 Å². The minimum atomic E-state index is -0.468. The average molecular weight is 532 g/mol. The van der Waals surface area contributed by atoms with Crippen LogP contribution in [0.25, 0.3) is 0 Å². The van der Waals surface area contributed by atoms with E-state index in [0.29, 0.717) is 30.6 Å². The van der Waals surface area contributed by atoms with Crippen LogP contribution in [0.5, 0.6) is 0 Å². The fourth-order valence-electron chi connectivity index (χ4n) is 4.76. The molecule has 10 heteroatoms. The van der Waals surface area contributed by atoms with E-state index in [4.69, 9.17) is 28.1 Å².